The van der Waals surface area contributed by atoms with Crippen LogP contribution in [0.25, 0.3) is 0 Å². The fourth-order valence-corrected chi connectivity index (χ4v) is 3.15. The summed E-state index contributed by atoms with van der Waals surface area (Å²) < 4.78 is 5.26. The van der Waals surface area contributed by atoms with Gasteiger partial charge in [-0.05, 0) is 43.4 Å². The second kappa shape index (κ2) is 6.94. The first-order chi connectivity index (χ1) is 10.0. The van der Waals surface area contributed by atoms with Crippen LogP contribution in [0.1, 0.15) is 36.8 Å². The van der Waals surface area contributed by atoms with Gasteiger partial charge in [-0.2, -0.15) is 0 Å². The molecule has 1 aliphatic carbocycles. The maximum atomic E-state index is 12.5. The zero-order chi connectivity index (χ0) is 15.4. The molecule has 0 radical (unpaired) electrons. The molecule has 0 unspecified atom stereocenters. The van der Waals surface area contributed by atoms with Crippen LogP contribution in [0.3, 0.4) is 0 Å². The maximum absolute atomic E-state index is 12.5. The van der Waals surface area contributed by atoms with Crippen LogP contribution in [0.5, 0.6) is 5.75 Å². The quantitative estimate of drug-likeness (QED) is 0.927. The van der Waals surface area contributed by atoms with Gasteiger partial charge in [0.15, 0.2) is 0 Å². The van der Waals surface area contributed by atoms with Gasteiger partial charge in [-0.3, -0.25) is 4.79 Å². The van der Waals surface area contributed by atoms with Crippen molar-refractivity contribution in [2.24, 2.45) is 11.7 Å². The Balaban J connectivity index is 1.98. The van der Waals surface area contributed by atoms with Gasteiger partial charge in [-0.25, -0.2) is 0 Å². The molecule has 0 bridgehead atoms. The molecule has 4 nitrogen and oxygen atoms in total. The van der Waals surface area contributed by atoms with Crippen LogP contribution in [-0.2, 0) is 11.3 Å². The number of carbonyl (C=O) groups excluding carboxylic acids is 1. The van der Waals surface area contributed by atoms with Gasteiger partial charge in [-0.15, -0.1) is 0 Å². The van der Waals surface area contributed by atoms with E-state index in [-0.39, 0.29) is 17.9 Å². The number of amides is 1. The zero-order valence-electron chi connectivity index (χ0n) is 13.3. The number of hydrogen-bond acceptors (Lipinski definition) is 3. The van der Waals surface area contributed by atoms with Gasteiger partial charge >= 0.3 is 0 Å². The fraction of sp³-hybridized carbons (Fsp3) is 0.588. The summed E-state index contributed by atoms with van der Waals surface area (Å²) in [4.78, 5) is 14.3. The van der Waals surface area contributed by atoms with Crippen molar-refractivity contribution in [3.8, 4) is 5.75 Å². The van der Waals surface area contributed by atoms with E-state index in [0.29, 0.717) is 6.54 Å². The highest BCUT2D eigenvalue weighted by molar-refractivity contribution is 5.78. The molecule has 1 aromatic rings. The molecule has 1 aromatic carbocycles. The lowest BCUT2D eigenvalue weighted by atomic mass is 9.85. The largest absolute Gasteiger partial charge is 0.496 e. The minimum atomic E-state index is 0.0955. The first kappa shape index (κ1) is 15.8. The fourth-order valence-electron chi connectivity index (χ4n) is 3.15. The summed E-state index contributed by atoms with van der Waals surface area (Å²) in [5, 5.41) is 0. The highest BCUT2D eigenvalue weighted by atomic mass is 16.5. The third-order valence-electron chi connectivity index (χ3n) is 4.32. The first-order valence-electron chi connectivity index (χ1n) is 7.65. The normalized spacial score (nSPS) is 21.9. The van der Waals surface area contributed by atoms with Crippen LogP contribution in [0.15, 0.2) is 18.2 Å². The Morgan fingerprint density at radius 3 is 2.81 bits per heavy atom. The van der Waals surface area contributed by atoms with E-state index in [1.807, 2.05) is 31.0 Å². The molecular formula is C17H26N2O2. The van der Waals surface area contributed by atoms with Crippen LogP contribution in [-0.4, -0.2) is 31.0 Å². The summed E-state index contributed by atoms with van der Waals surface area (Å²) in [7, 11) is 3.55. The maximum Gasteiger partial charge on any atom is 0.225 e. The van der Waals surface area contributed by atoms with Crippen LogP contribution < -0.4 is 10.5 Å². The summed E-state index contributed by atoms with van der Waals surface area (Å²) in [6, 6.07) is 6.24. The molecule has 0 spiro atoms. The van der Waals surface area contributed by atoms with E-state index in [1.54, 1.807) is 7.11 Å². The van der Waals surface area contributed by atoms with Crippen molar-refractivity contribution >= 4 is 5.91 Å². The Morgan fingerprint density at radius 1 is 1.43 bits per heavy atom. The summed E-state index contributed by atoms with van der Waals surface area (Å²) >= 11 is 0. The Morgan fingerprint density at radius 2 is 2.19 bits per heavy atom. The predicted octanol–water partition coefficient (Wildman–Crippen LogP) is 2.48. The van der Waals surface area contributed by atoms with Gasteiger partial charge in [-0.1, -0.05) is 18.6 Å². The smallest absolute Gasteiger partial charge is 0.225 e. The second-order valence-corrected chi connectivity index (χ2v) is 6.12. The SMILES string of the molecule is COc1ccc(CN(C)C(=O)[C@@H]2CCC[C@@H](N)C2)cc1C. The molecule has 1 saturated carbocycles. The summed E-state index contributed by atoms with van der Waals surface area (Å²) in [6.07, 6.45) is 3.90. The van der Waals surface area contributed by atoms with Gasteiger partial charge in [0.1, 0.15) is 5.75 Å². The summed E-state index contributed by atoms with van der Waals surface area (Å²) in [6.45, 7) is 2.65. The van der Waals surface area contributed by atoms with Crippen molar-refractivity contribution in [1.82, 2.24) is 4.90 Å². The third kappa shape index (κ3) is 3.97. The molecule has 21 heavy (non-hydrogen) atoms. The van der Waals surface area contributed by atoms with E-state index >= 15 is 0 Å². The van der Waals surface area contributed by atoms with Gasteiger partial charge in [0, 0.05) is 25.6 Å². The minimum Gasteiger partial charge on any atom is -0.496 e. The molecular weight excluding hydrogens is 264 g/mol. The van der Waals surface area contributed by atoms with E-state index in [9.17, 15) is 4.79 Å². The number of carbonyl (C=O) groups is 1. The number of methoxy groups -OCH3 is 1. The number of rotatable bonds is 4. The van der Waals surface area contributed by atoms with Crippen LogP contribution >= 0.6 is 0 Å². The number of aryl methyl sites for hydroxylation is 1. The number of hydrogen-bond donors (Lipinski definition) is 1. The molecule has 1 aliphatic rings. The van der Waals surface area contributed by atoms with Gasteiger partial charge < -0.3 is 15.4 Å². The Bertz CT molecular complexity index is 502. The topological polar surface area (TPSA) is 55.6 Å². The molecule has 1 fully saturated rings. The van der Waals surface area contributed by atoms with Crippen LogP contribution in [0.4, 0.5) is 0 Å². The first-order valence-corrected chi connectivity index (χ1v) is 7.65. The lowest BCUT2D eigenvalue weighted by Crippen LogP contribution is -2.38. The van der Waals surface area contributed by atoms with Gasteiger partial charge in [0.25, 0.3) is 0 Å². The van der Waals surface area contributed by atoms with Crippen LogP contribution in [0, 0.1) is 12.8 Å². The number of ether oxygens (including phenoxy) is 1. The predicted molar refractivity (Wildman–Crippen MR) is 84.1 cm³/mol. The molecule has 2 N–H and O–H groups in total. The van der Waals surface area contributed by atoms with Crippen molar-refractivity contribution in [3.63, 3.8) is 0 Å². The number of nitrogens with two attached hydrogens (primary N) is 1. The number of benzene rings is 1. The average molecular weight is 290 g/mol. The van der Waals surface area contributed by atoms with Crippen molar-refractivity contribution in [2.45, 2.75) is 45.2 Å². The Kier molecular flexibility index (Phi) is 5.23. The molecule has 0 saturated heterocycles. The minimum absolute atomic E-state index is 0.0955. The van der Waals surface area contributed by atoms with E-state index < -0.39 is 0 Å². The number of nitrogens with zero attached hydrogens (tertiary/aromatic N) is 1. The van der Waals surface area contributed by atoms with E-state index in [4.69, 9.17) is 10.5 Å². The van der Waals surface area contributed by atoms with E-state index in [1.165, 1.54) is 0 Å². The van der Waals surface area contributed by atoms with Crippen molar-refractivity contribution in [2.75, 3.05) is 14.2 Å². The zero-order valence-corrected chi connectivity index (χ0v) is 13.3. The third-order valence-corrected chi connectivity index (χ3v) is 4.32. The average Bonchev–Trinajstić information content (AvgIpc) is 2.46. The summed E-state index contributed by atoms with van der Waals surface area (Å²) in [5.74, 6) is 1.20. The highest BCUT2D eigenvalue weighted by Crippen LogP contribution is 2.25. The molecule has 1 amide bonds. The lowest BCUT2D eigenvalue weighted by molar-refractivity contribution is -0.135. The van der Waals surface area contributed by atoms with Crippen molar-refractivity contribution in [3.05, 3.63) is 29.3 Å². The van der Waals surface area contributed by atoms with Crippen LogP contribution in [0.2, 0.25) is 0 Å². The van der Waals surface area contributed by atoms with Gasteiger partial charge in [0.2, 0.25) is 5.91 Å². The Hall–Kier alpha value is -1.55. The highest BCUT2D eigenvalue weighted by Gasteiger charge is 2.27. The molecule has 0 aliphatic heterocycles. The lowest BCUT2D eigenvalue weighted by Gasteiger charge is -2.29. The molecule has 116 valence electrons. The summed E-state index contributed by atoms with van der Waals surface area (Å²) in [5.41, 5.74) is 8.20. The molecule has 0 heterocycles. The molecule has 4 heteroatoms. The molecule has 2 atom stereocenters. The Labute approximate surface area is 127 Å². The monoisotopic (exact) mass is 290 g/mol. The molecule has 2 rings (SSSR count). The second-order valence-electron chi connectivity index (χ2n) is 6.12. The standard InChI is InChI=1S/C17H26N2O2/c1-12-9-13(7-8-16(12)21-3)11-19(2)17(20)14-5-4-6-15(18)10-14/h7-9,14-15H,4-6,10-11,18H2,1-3H3/t14-,15-/m1/s1. The van der Waals surface area contributed by atoms with Crippen molar-refractivity contribution < 1.29 is 9.53 Å². The van der Waals surface area contributed by atoms with E-state index in [2.05, 4.69) is 6.07 Å². The van der Waals surface area contributed by atoms with E-state index in [0.717, 1.165) is 42.6 Å². The van der Waals surface area contributed by atoms with Crippen molar-refractivity contribution in [1.29, 1.82) is 0 Å². The van der Waals surface area contributed by atoms with Gasteiger partial charge in [0.05, 0.1) is 7.11 Å². The molecule has 0 aromatic heterocycles.